The van der Waals surface area contributed by atoms with E-state index in [4.69, 9.17) is 4.74 Å². The van der Waals surface area contributed by atoms with E-state index in [0.717, 1.165) is 28.3 Å². The number of benzene rings is 3. The van der Waals surface area contributed by atoms with Crippen molar-refractivity contribution in [3.8, 4) is 5.75 Å². The maximum Gasteiger partial charge on any atom is 0.262 e. The van der Waals surface area contributed by atoms with Crippen LogP contribution in [-0.4, -0.2) is 36.7 Å². The summed E-state index contributed by atoms with van der Waals surface area (Å²) in [5.74, 6) is -0.973. The number of carbonyl (C=O) groups is 1. The van der Waals surface area contributed by atoms with E-state index in [-0.39, 0.29) is 5.91 Å². The summed E-state index contributed by atoms with van der Waals surface area (Å²) < 4.78 is 32.3. The summed E-state index contributed by atoms with van der Waals surface area (Å²) in [6.07, 6.45) is 1.36. The molecule has 1 spiro atoms. The summed E-state index contributed by atoms with van der Waals surface area (Å²) in [6.45, 7) is 3.94. The van der Waals surface area contributed by atoms with Gasteiger partial charge in [-0.05, 0) is 66.6 Å². The summed E-state index contributed by atoms with van der Waals surface area (Å²) in [5.41, 5.74) is 3.54. The number of anilines is 2. The number of nitrogens with zero attached hydrogens (tertiary/aromatic N) is 2. The summed E-state index contributed by atoms with van der Waals surface area (Å²) in [4.78, 5) is 17.8. The van der Waals surface area contributed by atoms with Gasteiger partial charge in [0.25, 0.3) is 5.91 Å². The number of likely N-dealkylation sites (tertiary alicyclic amines) is 1. The highest BCUT2D eigenvalue weighted by Crippen LogP contribution is 2.41. The third kappa shape index (κ3) is 4.01. The fraction of sp³-hybridized carbons (Fsp3) is 0.296. The zero-order chi connectivity index (χ0) is 23.9. The Kier molecular flexibility index (Phi) is 5.73. The monoisotopic (exact) mass is 463 g/mol. The predicted molar refractivity (Wildman–Crippen MR) is 128 cm³/mol. The Morgan fingerprint density at radius 2 is 1.71 bits per heavy atom. The number of fused-ring (bicyclic) bond motifs is 1. The first-order valence-corrected chi connectivity index (χ1v) is 11.4. The van der Waals surface area contributed by atoms with Crippen molar-refractivity contribution in [2.45, 2.75) is 32.0 Å². The number of ether oxygens (including phenoxy) is 1. The molecule has 0 bridgehead atoms. The average molecular weight is 464 g/mol. The van der Waals surface area contributed by atoms with E-state index in [2.05, 4.69) is 10.2 Å². The van der Waals surface area contributed by atoms with Crippen LogP contribution in [0.5, 0.6) is 5.75 Å². The van der Waals surface area contributed by atoms with Crippen molar-refractivity contribution in [3.05, 3.63) is 89.0 Å². The van der Waals surface area contributed by atoms with Crippen LogP contribution >= 0.6 is 0 Å². The summed E-state index contributed by atoms with van der Waals surface area (Å²) in [6, 6.07) is 17.4. The molecular weight excluding hydrogens is 436 g/mol. The smallest absolute Gasteiger partial charge is 0.262 e. The number of hydrogen-bond donors (Lipinski definition) is 1. The third-order valence-electron chi connectivity index (χ3n) is 6.81. The van der Waals surface area contributed by atoms with E-state index >= 15 is 0 Å². The number of piperidine rings is 1. The Bertz CT molecular complexity index is 1220. The van der Waals surface area contributed by atoms with Gasteiger partial charge in [0.05, 0.1) is 12.7 Å². The molecular formula is C27H27F2N3O2. The molecule has 0 aliphatic carbocycles. The minimum absolute atomic E-state index is 0.0343. The molecule has 0 saturated carbocycles. The zero-order valence-corrected chi connectivity index (χ0v) is 19.3. The molecule has 3 aromatic rings. The number of nitrogens with one attached hydrogen (secondary N) is 1. The predicted octanol–water partition coefficient (Wildman–Crippen LogP) is 5.35. The second kappa shape index (κ2) is 8.72. The Hall–Kier alpha value is -3.45. The SMILES string of the molecule is COc1ccc(N2C(=O)c3ccc(C)cc3NC23CCN(Cc2ccc(F)c(F)c2)CC3)cc1. The minimum Gasteiger partial charge on any atom is -0.497 e. The average Bonchev–Trinajstić information content (AvgIpc) is 2.83. The third-order valence-corrected chi connectivity index (χ3v) is 6.81. The topological polar surface area (TPSA) is 44.8 Å². The van der Waals surface area contributed by atoms with Crippen LogP contribution < -0.4 is 15.0 Å². The van der Waals surface area contributed by atoms with E-state index in [1.807, 2.05) is 54.3 Å². The van der Waals surface area contributed by atoms with Gasteiger partial charge in [0, 0.05) is 43.9 Å². The lowest BCUT2D eigenvalue weighted by molar-refractivity contribution is 0.0904. The summed E-state index contributed by atoms with van der Waals surface area (Å²) in [5, 5.41) is 3.70. The number of aryl methyl sites for hydroxylation is 1. The maximum atomic E-state index is 13.8. The maximum absolute atomic E-state index is 13.8. The molecule has 7 heteroatoms. The normalized spacial score (nSPS) is 17.4. The van der Waals surface area contributed by atoms with Crippen LogP contribution in [0.4, 0.5) is 20.2 Å². The van der Waals surface area contributed by atoms with E-state index in [9.17, 15) is 13.6 Å². The highest BCUT2D eigenvalue weighted by atomic mass is 19.2. The summed E-state index contributed by atoms with van der Waals surface area (Å²) in [7, 11) is 1.62. The van der Waals surface area contributed by atoms with E-state index < -0.39 is 17.3 Å². The Morgan fingerprint density at radius 1 is 0.971 bits per heavy atom. The van der Waals surface area contributed by atoms with Crippen LogP contribution in [-0.2, 0) is 6.54 Å². The highest BCUT2D eigenvalue weighted by Gasteiger charge is 2.47. The molecule has 2 heterocycles. The molecule has 3 aromatic carbocycles. The molecule has 0 aromatic heterocycles. The molecule has 0 unspecified atom stereocenters. The fourth-order valence-electron chi connectivity index (χ4n) is 4.99. The molecule has 5 rings (SSSR count). The van der Waals surface area contributed by atoms with E-state index in [0.29, 0.717) is 38.0 Å². The zero-order valence-electron chi connectivity index (χ0n) is 19.3. The van der Waals surface area contributed by atoms with Gasteiger partial charge in [-0.1, -0.05) is 12.1 Å². The van der Waals surface area contributed by atoms with Crippen LogP contribution in [0.3, 0.4) is 0 Å². The van der Waals surface area contributed by atoms with Gasteiger partial charge in [0.1, 0.15) is 11.4 Å². The lowest BCUT2D eigenvalue weighted by Crippen LogP contribution is -2.64. The van der Waals surface area contributed by atoms with Crippen LogP contribution in [0.25, 0.3) is 0 Å². The number of rotatable bonds is 4. The molecule has 0 radical (unpaired) electrons. The van der Waals surface area contributed by atoms with Crippen molar-refractivity contribution in [2.24, 2.45) is 0 Å². The van der Waals surface area contributed by atoms with Crippen LogP contribution in [0, 0.1) is 18.6 Å². The van der Waals surface area contributed by atoms with Gasteiger partial charge in [-0.2, -0.15) is 0 Å². The van der Waals surface area contributed by atoms with Gasteiger partial charge < -0.3 is 10.1 Å². The van der Waals surface area contributed by atoms with Gasteiger partial charge >= 0.3 is 0 Å². The van der Waals surface area contributed by atoms with Crippen molar-refractivity contribution < 1.29 is 18.3 Å². The first-order chi connectivity index (χ1) is 16.4. The first kappa shape index (κ1) is 22.3. The Morgan fingerprint density at radius 3 is 2.38 bits per heavy atom. The second-order valence-electron chi connectivity index (χ2n) is 9.07. The molecule has 1 N–H and O–H groups in total. The van der Waals surface area contributed by atoms with Crippen LogP contribution in [0.1, 0.15) is 34.3 Å². The van der Waals surface area contributed by atoms with Crippen LogP contribution in [0.15, 0.2) is 60.7 Å². The van der Waals surface area contributed by atoms with E-state index in [1.165, 1.54) is 12.1 Å². The fourth-order valence-corrected chi connectivity index (χ4v) is 4.99. The van der Waals surface area contributed by atoms with Crippen molar-refractivity contribution in [1.82, 2.24) is 4.90 Å². The molecule has 34 heavy (non-hydrogen) atoms. The lowest BCUT2D eigenvalue weighted by Gasteiger charge is -2.52. The molecule has 0 atom stereocenters. The van der Waals surface area contributed by atoms with Crippen molar-refractivity contribution in [3.63, 3.8) is 0 Å². The molecule has 176 valence electrons. The number of halogens is 2. The van der Waals surface area contributed by atoms with Gasteiger partial charge in [0.15, 0.2) is 11.6 Å². The lowest BCUT2D eigenvalue weighted by atomic mass is 9.88. The molecule has 2 aliphatic heterocycles. The second-order valence-corrected chi connectivity index (χ2v) is 9.07. The highest BCUT2D eigenvalue weighted by molar-refractivity contribution is 6.13. The minimum atomic E-state index is -0.838. The quantitative estimate of drug-likeness (QED) is 0.567. The molecule has 1 saturated heterocycles. The van der Waals surface area contributed by atoms with Gasteiger partial charge in [-0.15, -0.1) is 0 Å². The van der Waals surface area contributed by atoms with Gasteiger partial charge in [-0.3, -0.25) is 14.6 Å². The van der Waals surface area contributed by atoms with Crippen molar-refractivity contribution in [2.75, 3.05) is 30.4 Å². The van der Waals surface area contributed by atoms with Gasteiger partial charge in [0.2, 0.25) is 0 Å². The number of hydrogen-bond acceptors (Lipinski definition) is 4. The molecule has 2 aliphatic rings. The largest absolute Gasteiger partial charge is 0.497 e. The number of methoxy groups -OCH3 is 1. The number of carbonyl (C=O) groups excluding carboxylic acids is 1. The Labute approximate surface area is 197 Å². The molecule has 1 amide bonds. The van der Waals surface area contributed by atoms with Crippen molar-refractivity contribution in [1.29, 1.82) is 0 Å². The standard InChI is InChI=1S/C27H27F2N3O2/c1-18-3-9-22-25(15-18)30-27(32(26(22)33)20-5-7-21(34-2)8-6-20)11-13-31(14-12-27)17-19-4-10-23(28)24(29)16-19/h3-10,15-16,30H,11-14,17H2,1-2H3. The Balaban J connectivity index is 1.44. The molecule has 5 nitrogen and oxygen atoms in total. The molecule has 1 fully saturated rings. The number of amides is 1. The van der Waals surface area contributed by atoms with Gasteiger partial charge in [-0.25, -0.2) is 8.78 Å². The summed E-state index contributed by atoms with van der Waals surface area (Å²) >= 11 is 0. The van der Waals surface area contributed by atoms with E-state index in [1.54, 1.807) is 13.2 Å². The van der Waals surface area contributed by atoms with Crippen LogP contribution in [0.2, 0.25) is 0 Å². The van der Waals surface area contributed by atoms with Crippen molar-refractivity contribution >= 4 is 17.3 Å². The first-order valence-electron chi connectivity index (χ1n) is 11.4.